The minimum Gasteiger partial charge on any atom is -0.309 e. The van der Waals surface area contributed by atoms with Crippen LogP contribution in [0.2, 0.25) is 0 Å². The van der Waals surface area contributed by atoms with E-state index < -0.39 is 0 Å². The van der Waals surface area contributed by atoms with Crippen molar-refractivity contribution in [1.82, 2.24) is 10.2 Å². The molecule has 1 fully saturated rings. The van der Waals surface area contributed by atoms with Crippen molar-refractivity contribution in [2.45, 2.75) is 53.0 Å². The molecule has 0 bridgehead atoms. The Labute approximate surface area is 130 Å². The highest BCUT2D eigenvalue weighted by atomic mass is 15.1. The first-order valence-corrected chi connectivity index (χ1v) is 8.52. The molecule has 1 saturated heterocycles. The molecule has 0 radical (unpaired) electrons. The molecule has 0 aromatic heterocycles. The van der Waals surface area contributed by atoms with Gasteiger partial charge >= 0.3 is 0 Å². The van der Waals surface area contributed by atoms with Gasteiger partial charge in [-0.1, -0.05) is 50.6 Å². The summed E-state index contributed by atoms with van der Waals surface area (Å²) in [5, 5.41) is 3.67. The fourth-order valence-corrected chi connectivity index (χ4v) is 3.25. The maximum Gasteiger partial charge on any atom is 0.0449 e. The van der Waals surface area contributed by atoms with Gasteiger partial charge in [-0.3, -0.25) is 0 Å². The van der Waals surface area contributed by atoms with Crippen molar-refractivity contribution in [3.05, 3.63) is 35.4 Å². The number of aryl methyl sites for hydroxylation is 1. The summed E-state index contributed by atoms with van der Waals surface area (Å²) >= 11 is 0. The van der Waals surface area contributed by atoms with Gasteiger partial charge in [0, 0.05) is 12.6 Å². The lowest BCUT2D eigenvalue weighted by Gasteiger charge is -2.28. The van der Waals surface area contributed by atoms with Crippen LogP contribution in [0.4, 0.5) is 0 Å². The molecule has 1 heterocycles. The number of hydrogen-bond acceptors (Lipinski definition) is 2. The van der Waals surface area contributed by atoms with Gasteiger partial charge < -0.3 is 10.2 Å². The zero-order valence-corrected chi connectivity index (χ0v) is 14.3. The summed E-state index contributed by atoms with van der Waals surface area (Å²) in [5.74, 6) is 0. The SMILES string of the molecule is CCNC(CN1CCCC(C)(C)CC1)c1ccc(C)cc1. The lowest BCUT2D eigenvalue weighted by atomic mass is 9.85. The second kappa shape index (κ2) is 7.42. The molecular weight excluding hydrogens is 256 g/mol. The summed E-state index contributed by atoms with van der Waals surface area (Å²) in [6.07, 6.45) is 4.01. The van der Waals surface area contributed by atoms with Gasteiger partial charge in [-0.05, 0) is 56.8 Å². The number of hydrogen-bond donors (Lipinski definition) is 1. The zero-order chi connectivity index (χ0) is 15.3. The normalized spacial score (nSPS) is 21.0. The van der Waals surface area contributed by atoms with Crippen molar-refractivity contribution in [3.63, 3.8) is 0 Å². The molecule has 0 spiro atoms. The van der Waals surface area contributed by atoms with E-state index in [1.165, 1.54) is 43.5 Å². The Balaban J connectivity index is 2.00. The molecule has 0 saturated carbocycles. The maximum atomic E-state index is 3.67. The molecule has 1 aromatic carbocycles. The Hall–Kier alpha value is -0.860. The smallest absolute Gasteiger partial charge is 0.0449 e. The monoisotopic (exact) mass is 288 g/mol. The Bertz CT molecular complexity index is 422. The van der Waals surface area contributed by atoms with Crippen LogP contribution < -0.4 is 5.32 Å². The summed E-state index contributed by atoms with van der Waals surface area (Å²) in [7, 11) is 0. The number of likely N-dealkylation sites (N-methyl/N-ethyl adjacent to an activating group) is 1. The highest BCUT2D eigenvalue weighted by Crippen LogP contribution is 2.30. The van der Waals surface area contributed by atoms with Gasteiger partial charge in [0.15, 0.2) is 0 Å². The second-order valence-corrected chi connectivity index (χ2v) is 7.34. The van der Waals surface area contributed by atoms with Crippen molar-refractivity contribution in [2.24, 2.45) is 5.41 Å². The molecule has 0 aliphatic carbocycles. The Kier molecular flexibility index (Phi) is 5.83. The summed E-state index contributed by atoms with van der Waals surface area (Å²) < 4.78 is 0. The largest absolute Gasteiger partial charge is 0.309 e. The molecule has 1 aliphatic heterocycles. The first kappa shape index (κ1) is 16.5. The van der Waals surface area contributed by atoms with Gasteiger partial charge in [0.05, 0.1) is 0 Å². The van der Waals surface area contributed by atoms with Crippen LogP contribution in [0.5, 0.6) is 0 Å². The molecule has 0 amide bonds. The molecule has 2 heteroatoms. The van der Waals surface area contributed by atoms with Gasteiger partial charge in [0.1, 0.15) is 0 Å². The first-order valence-electron chi connectivity index (χ1n) is 8.52. The van der Waals surface area contributed by atoms with Crippen LogP contribution in [0.15, 0.2) is 24.3 Å². The molecule has 1 N–H and O–H groups in total. The Morgan fingerprint density at radius 2 is 1.86 bits per heavy atom. The molecule has 21 heavy (non-hydrogen) atoms. The summed E-state index contributed by atoms with van der Waals surface area (Å²) in [6, 6.07) is 9.47. The topological polar surface area (TPSA) is 15.3 Å². The van der Waals surface area contributed by atoms with E-state index in [4.69, 9.17) is 0 Å². The van der Waals surface area contributed by atoms with Crippen molar-refractivity contribution >= 4 is 0 Å². The lowest BCUT2D eigenvalue weighted by Crippen LogP contribution is -2.36. The average molecular weight is 288 g/mol. The van der Waals surface area contributed by atoms with Crippen molar-refractivity contribution < 1.29 is 0 Å². The number of nitrogens with one attached hydrogen (secondary N) is 1. The summed E-state index contributed by atoms with van der Waals surface area (Å²) in [4.78, 5) is 2.65. The van der Waals surface area contributed by atoms with Gasteiger partial charge in [0.25, 0.3) is 0 Å². The van der Waals surface area contributed by atoms with Gasteiger partial charge in [-0.2, -0.15) is 0 Å². The number of benzene rings is 1. The van der Waals surface area contributed by atoms with E-state index in [1.807, 2.05) is 0 Å². The second-order valence-electron chi connectivity index (χ2n) is 7.34. The first-order chi connectivity index (χ1) is 10.00. The predicted octanol–water partition coefficient (Wildman–Crippen LogP) is 4.16. The predicted molar refractivity (Wildman–Crippen MR) is 91.7 cm³/mol. The Morgan fingerprint density at radius 3 is 2.52 bits per heavy atom. The number of rotatable bonds is 5. The number of likely N-dealkylation sites (tertiary alicyclic amines) is 1. The zero-order valence-electron chi connectivity index (χ0n) is 14.3. The Morgan fingerprint density at radius 1 is 1.14 bits per heavy atom. The summed E-state index contributed by atoms with van der Waals surface area (Å²) in [6.45, 7) is 13.8. The third kappa shape index (κ3) is 5.12. The third-order valence-corrected chi connectivity index (χ3v) is 4.80. The van der Waals surface area contributed by atoms with E-state index in [9.17, 15) is 0 Å². The highest BCUT2D eigenvalue weighted by molar-refractivity contribution is 5.24. The van der Waals surface area contributed by atoms with Crippen LogP contribution in [-0.2, 0) is 0 Å². The van der Waals surface area contributed by atoms with Crippen LogP contribution in [0.1, 0.15) is 57.2 Å². The molecule has 2 rings (SSSR count). The van der Waals surface area contributed by atoms with Gasteiger partial charge in [-0.25, -0.2) is 0 Å². The standard InChI is InChI=1S/C19H32N2/c1-5-20-18(17-9-7-16(2)8-10-17)15-21-13-6-11-19(3,4)12-14-21/h7-10,18,20H,5-6,11-15H2,1-4H3. The molecule has 1 aliphatic rings. The minimum absolute atomic E-state index is 0.455. The average Bonchev–Trinajstić information content (AvgIpc) is 2.61. The molecule has 2 nitrogen and oxygen atoms in total. The van der Waals surface area contributed by atoms with E-state index in [1.54, 1.807) is 0 Å². The molecule has 1 atom stereocenters. The molecule has 1 unspecified atom stereocenters. The van der Waals surface area contributed by atoms with E-state index in [2.05, 4.69) is 62.2 Å². The van der Waals surface area contributed by atoms with E-state index in [-0.39, 0.29) is 0 Å². The fourth-order valence-electron chi connectivity index (χ4n) is 3.25. The van der Waals surface area contributed by atoms with E-state index in [0.717, 1.165) is 13.1 Å². The maximum absolute atomic E-state index is 3.67. The van der Waals surface area contributed by atoms with Crippen LogP contribution in [0.3, 0.4) is 0 Å². The molecule has 1 aromatic rings. The van der Waals surface area contributed by atoms with Gasteiger partial charge in [-0.15, -0.1) is 0 Å². The van der Waals surface area contributed by atoms with Gasteiger partial charge in [0.2, 0.25) is 0 Å². The quantitative estimate of drug-likeness (QED) is 0.875. The fraction of sp³-hybridized carbons (Fsp3) is 0.684. The van der Waals surface area contributed by atoms with Crippen molar-refractivity contribution in [3.8, 4) is 0 Å². The molecular formula is C19H32N2. The van der Waals surface area contributed by atoms with E-state index >= 15 is 0 Å². The molecule has 118 valence electrons. The minimum atomic E-state index is 0.455. The van der Waals surface area contributed by atoms with Crippen LogP contribution in [0, 0.1) is 12.3 Å². The lowest BCUT2D eigenvalue weighted by molar-refractivity contribution is 0.238. The third-order valence-electron chi connectivity index (χ3n) is 4.80. The van der Waals surface area contributed by atoms with E-state index in [0.29, 0.717) is 11.5 Å². The van der Waals surface area contributed by atoms with Crippen molar-refractivity contribution in [2.75, 3.05) is 26.2 Å². The summed E-state index contributed by atoms with van der Waals surface area (Å²) in [5.41, 5.74) is 3.28. The number of nitrogens with zero attached hydrogens (tertiary/aromatic N) is 1. The highest BCUT2D eigenvalue weighted by Gasteiger charge is 2.24. The van der Waals surface area contributed by atoms with Crippen LogP contribution >= 0.6 is 0 Å². The van der Waals surface area contributed by atoms with Crippen LogP contribution in [-0.4, -0.2) is 31.1 Å². The van der Waals surface area contributed by atoms with Crippen molar-refractivity contribution in [1.29, 1.82) is 0 Å². The van der Waals surface area contributed by atoms with Crippen LogP contribution in [0.25, 0.3) is 0 Å².